The lowest BCUT2D eigenvalue weighted by Crippen LogP contribution is -2.39. The molecule has 1 aliphatic rings. The quantitative estimate of drug-likeness (QED) is 0.337. The van der Waals surface area contributed by atoms with Crippen LogP contribution in [-0.4, -0.2) is 39.1 Å². The first-order valence-corrected chi connectivity index (χ1v) is 8.32. The van der Waals surface area contributed by atoms with Gasteiger partial charge < -0.3 is 14.6 Å². The predicted octanol–water partition coefficient (Wildman–Crippen LogP) is 0.988. The first kappa shape index (κ1) is 19.4. The van der Waals surface area contributed by atoms with Gasteiger partial charge in [-0.3, -0.25) is 14.3 Å². The van der Waals surface area contributed by atoms with Gasteiger partial charge in [-0.05, 0) is 24.6 Å². The highest BCUT2D eigenvalue weighted by molar-refractivity contribution is 5.89. The van der Waals surface area contributed by atoms with Crippen molar-refractivity contribution in [1.82, 2.24) is 9.55 Å². The lowest BCUT2D eigenvalue weighted by Gasteiger charge is -2.22. The first-order chi connectivity index (χ1) is 13.3. The lowest BCUT2D eigenvalue weighted by molar-refractivity contribution is -0.0840. The van der Waals surface area contributed by atoms with Crippen LogP contribution in [0, 0.1) is 6.92 Å². The fourth-order valence-electron chi connectivity index (χ4n) is 2.86. The highest BCUT2D eigenvalue weighted by Crippen LogP contribution is 2.37. The molecule has 0 spiro atoms. The molecule has 11 nitrogen and oxygen atoms in total. The van der Waals surface area contributed by atoms with Crippen molar-refractivity contribution in [3.05, 3.63) is 78.9 Å². The van der Waals surface area contributed by atoms with Gasteiger partial charge in [0.1, 0.15) is 18.9 Å². The molecule has 0 bridgehead atoms. The van der Waals surface area contributed by atoms with Gasteiger partial charge in [-0.1, -0.05) is 23.3 Å². The second-order valence-electron chi connectivity index (χ2n) is 6.29. The molecule has 0 unspecified atom stereocenters. The molecule has 1 fully saturated rings. The van der Waals surface area contributed by atoms with Crippen LogP contribution in [0.4, 0.5) is 0 Å². The number of nitrogens with one attached hydrogen (secondary N) is 1. The molecule has 146 valence electrons. The number of hydrogen-bond acceptors (Lipinski definition) is 7. The van der Waals surface area contributed by atoms with Crippen LogP contribution in [0.15, 0.2) is 51.2 Å². The molecular weight excluding hydrogens is 370 g/mol. The zero-order chi connectivity index (χ0) is 20.3. The van der Waals surface area contributed by atoms with Gasteiger partial charge in [0.15, 0.2) is 5.72 Å². The van der Waals surface area contributed by atoms with Crippen molar-refractivity contribution >= 4 is 5.97 Å². The summed E-state index contributed by atoms with van der Waals surface area (Å²) in [6.45, 7) is 1.10. The van der Waals surface area contributed by atoms with Gasteiger partial charge in [-0.25, -0.2) is 9.59 Å². The largest absolute Gasteiger partial charge is 0.459 e. The van der Waals surface area contributed by atoms with E-state index in [1.165, 1.54) is 13.1 Å². The summed E-state index contributed by atoms with van der Waals surface area (Å²) in [4.78, 5) is 40.4. The van der Waals surface area contributed by atoms with Gasteiger partial charge in [0.05, 0.1) is 5.56 Å². The Morgan fingerprint density at radius 3 is 2.86 bits per heavy atom. The van der Waals surface area contributed by atoms with E-state index < -0.39 is 41.9 Å². The standard InChI is InChI=1S/C17H17N5O6/c1-10-8-22(16(25)19-14(10)23)13-7-17(26,20-21-18)12(28-13)9-27-15(24)11-5-3-2-4-6-11/h2-6,8,12-13,26H,7,9H2,1H3,(H,19,23,25)/t12-,13-,17+/m1/s1. The van der Waals surface area contributed by atoms with Crippen molar-refractivity contribution in [3.8, 4) is 0 Å². The number of aliphatic hydroxyl groups is 1. The van der Waals surface area contributed by atoms with E-state index in [2.05, 4.69) is 15.0 Å². The molecule has 1 aromatic heterocycles. The van der Waals surface area contributed by atoms with E-state index in [1.807, 2.05) is 0 Å². The number of carbonyl (C=O) groups is 1. The van der Waals surface area contributed by atoms with Crippen LogP contribution in [0.1, 0.15) is 28.6 Å². The molecule has 2 N–H and O–H groups in total. The zero-order valence-electron chi connectivity index (χ0n) is 14.8. The van der Waals surface area contributed by atoms with Crippen molar-refractivity contribution in [2.24, 2.45) is 5.11 Å². The molecule has 1 aromatic carbocycles. The molecule has 0 radical (unpaired) electrons. The number of nitrogens with zero attached hydrogens (tertiary/aromatic N) is 4. The van der Waals surface area contributed by atoms with Gasteiger partial charge in [-0.15, -0.1) is 0 Å². The predicted molar refractivity (Wildman–Crippen MR) is 95.4 cm³/mol. The summed E-state index contributed by atoms with van der Waals surface area (Å²) in [7, 11) is 0. The second-order valence-corrected chi connectivity index (χ2v) is 6.29. The van der Waals surface area contributed by atoms with E-state index in [4.69, 9.17) is 15.0 Å². The van der Waals surface area contributed by atoms with Crippen LogP contribution in [-0.2, 0) is 9.47 Å². The Morgan fingerprint density at radius 1 is 1.46 bits per heavy atom. The maximum absolute atomic E-state index is 12.1. The third-order valence-corrected chi connectivity index (χ3v) is 4.36. The number of esters is 1. The van der Waals surface area contributed by atoms with Crippen molar-refractivity contribution in [2.75, 3.05) is 6.61 Å². The van der Waals surface area contributed by atoms with Crippen LogP contribution < -0.4 is 11.2 Å². The van der Waals surface area contributed by atoms with Crippen LogP contribution in [0.3, 0.4) is 0 Å². The van der Waals surface area contributed by atoms with Crippen LogP contribution in [0.25, 0.3) is 10.4 Å². The van der Waals surface area contributed by atoms with Crippen LogP contribution >= 0.6 is 0 Å². The smallest absolute Gasteiger partial charge is 0.338 e. The van der Waals surface area contributed by atoms with E-state index in [0.717, 1.165) is 4.57 Å². The normalized spacial score (nSPS) is 23.8. The topological polar surface area (TPSA) is 159 Å². The van der Waals surface area contributed by atoms with Gasteiger partial charge in [0.2, 0.25) is 0 Å². The Bertz CT molecular complexity index is 1040. The number of rotatable bonds is 5. The van der Waals surface area contributed by atoms with Gasteiger partial charge in [0.25, 0.3) is 5.56 Å². The fraction of sp³-hybridized carbons (Fsp3) is 0.353. The van der Waals surface area contributed by atoms with E-state index in [-0.39, 0.29) is 12.0 Å². The van der Waals surface area contributed by atoms with Crippen molar-refractivity contribution in [3.63, 3.8) is 0 Å². The number of aryl methyl sites for hydroxylation is 1. The maximum atomic E-state index is 12.1. The third kappa shape index (κ3) is 3.81. The molecule has 0 saturated carbocycles. The second kappa shape index (κ2) is 7.69. The number of azide groups is 1. The first-order valence-electron chi connectivity index (χ1n) is 8.32. The third-order valence-electron chi connectivity index (χ3n) is 4.36. The summed E-state index contributed by atoms with van der Waals surface area (Å²) in [5, 5.41) is 14.0. The molecule has 11 heteroatoms. The molecule has 3 atom stereocenters. The van der Waals surface area contributed by atoms with Gasteiger partial charge in [-0.2, -0.15) is 0 Å². The summed E-state index contributed by atoms with van der Waals surface area (Å²) >= 11 is 0. The molecule has 28 heavy (non-hydrogen) atoms. The molecule has 0 amide bonds. The minimum Gasteiger partial charge on any atom is -0.459 e. The minimum absolute atomic E-state index is 0.259. The van der Waals surface area contributed by atoms with Gasteiger partial charge >= 0.3 is 11.7 Å². The Hall–Kier alpha value is -3.40. The Morgan fingerprint density at radius 2 is 2.18 bits per heavy atom. The Kier molecular flexibility index (Phi) is 5.32. The van der Waals surface area contributed by atoms with E-state index in [9.17, 15) is 19.5 Å². The number of aromatic nitrogens is 2. The number of H-pyrrole nitrogens is 1. The summed E-state index contributed by atoms with van der Waals surface area (Å²) in [5.74, 6) is -0.645. The van der Waals surface area contributed by atoms with Crippen molar-refractivity contribution in [2.45, 2.75) is 31.4 Å². The molecular formula is C17H17N5O6. The highest BCUT2D eigenvalue weighted by Gasteiger charge is 2.48. The fourth-order valence-corrected chi connectivity index (χ4v) is 2.86. The van der Waals surface area contributed by atoms with E-state index in [0.29, 0.717) is 5.56 Å². The van der Waals surface area contributed by atoms with Crippen molar-refractivity contribution < 1.29 is 19.4 Å². The summed E-state index contributed by atoms with van der Waals surface area (Å²) in [5.41, 5.74) is 6.01. The zero-order valence-corrected chi connectivity index (χ0v) is 14.8. The molecule has 3 rings (SSSR count). The minimum atomic E-state index is -2.04. The molecule has 1 saturated heterocycles. The molecule has 0 aliphatic carbocycles. The summed E-state index contributed by atoms with van der Waals surface area (Å²) in [6.07, 6.45) is -1.23. The van der Waals surface area contributed by atoms with Crippen LogP contribution in [0.5, 0.6) is 0 Å². The van der Waals surface area contributed by atoms with E-state index in [1.54, 1.807) is 30.3 Å². The molecule has 2 aromatic rings. The Balaban J connectivity index is 1.81. The van der Waals surface area contributed by atoms with Crippen molar-refractivity contribution in [1.29, 1.82) is 0 Å². The molecule has 1 aliphatic heterocycles. The summed E-state index contributed by atoms with van der Waals surface area (Å²) < 4.78 is 11.9. The monoisotopic (exact) mass is 387 g/mol. The highest BCUT2D eigenvalue weighted by atomic mass is 16.6. The number of benzene rings is 1. The SMILES string of the molecule is Cc1cn([C@H]2C[C@@](O)(N=[N+]=[N-])[C@@H](COC(=O)c3ccccc3)O2)c(=O)[nH]c1=O. The summed E-state index contributed by atoms with van der Waals surface area (Å²) in [6, 6.07) is 8.19. The number of hydrogen-bond donors (Lipinski definition) is 2. The van der Waals surface area contributed by atoms with Gasteiger partial charge in [0, 0.05) is 23.1 Å². The van der Waals surface area contributed by atoms with Crippen LogP contribution in [0.2, 0.25) is 0 Å². The maximum Gasteiger partial charge on any atom is 0.338 e. The lowest BCUT2D eigenvalue weighted by atomic mass is 10.1. The molecule has 2 heterocycles. The van der Waals surface area contributed by atoms with E-state index >= 15 is 0 Å². The Labute approximate surface area is 157 Å². The number of aromatic amines is 1. The number of carbonyl (C=O) groups excluding carboxylic acids is 1. The number of ether oxygens (including phenoxy) is 2. The average Bonchev–Trinajstić information content (AvgIpc) is 2.99. The average molecular weight is 387 g/mol.